The molecule has 0 saturated heterocycles. The summed E-state index contributed by atoms with van der Waals surface area (Å²) in [5.74, 6) is -0.674. The number of anilines is 1. The highest BCUT2D eigenvalue weighted by molar-refractivity contribution is 7.92. The van der Waals surface area contributed by atoms with Crippen molar-refractivity contribution < 1.29 is 18.0 Å². The molecule has 246 valence electrons. The van der Waals surface area contributed by atoms with Crippen molar-refractivity contribution in [2.75, 3.05) is 10.8 Å². The van der Waals surface area contributed by atoms with E-state index < -0.39 is 28.5 Å². The highest BCUT2D eigenvalue weighted by Crippen LogP contribution is 2.27. The molecule has 1 saturated carbocycles. The third-order valence-electron chi connectivity index (χ3n) is 9.08. The van der Waals surface area contributed by atoms with E-state index in [1.54, 1.807) is 41.3 Å². The number of amides is 2. The monoisotopic (exact) mass is 651 g/mol. The Morgan fingerprint density at radius 2 is 1.38 bits per heavy atom. The number of carbonyl (C=O) groups is 2. The third kappa shape index (κ3) is 8.69. The van der Waals surface area contributed by atoms with Gasteiger partial charge in [-0.25, -0.2) is 8.42 Å². The van der Waals surface area contributed by atoms with Crippen LogP contribution < -0.4 is 9.62 Å². The Labute approximate surface area is 279 Å². The van der Waals surface area contributed by atoms with Crippen molar-refractivity contribution in [1.29, 1.82) is 0 Å². The lowest BCUT2D eigenvalue weighted by Crippen LogP contribution is -2.55. The highest BCUT2D eigenvalue weighted by atomic mass is 32.2. The molecule has 1 aliphatic rings. The van der Waals surface area contributed by atoms with Crippen molar-refractivity contribution in [2.45, 2.75) is 82.8 Å². The van der Waals surface area contributed by atoms with Crippen molar-refractivity contribution in [3.63, 3.8) is 0 Å². The lowest BCUT2D eigenvalue weighted by atomic mass is 9.94. The van der Waals surface area contributed by atoms with Crippen molar-refractivity contribution in [3.8, 4) is 0 Å². The van der Waals surface area contributed by atoms with Crippen LogP contribution in [-0.2, 0) is 32.6 Å². The van der Waals surface area contributed by atoms with Crippen LogP contribution in [0.1, 0.15) is 59.9 Å². The quantitative estimate of drug-likeness (QED) is 0.181. The Hall–Kier alpha value is -4.43. The maximum atomic E-state index is 14.7. The Balaban J connectivity index is 1.56. The Bertz CT molecular complexity index is 1750. The summed E-state index contributed by atoms with van der Waals surface area (Å²) in [6.45, 7) is 5.47. The number of benzene rings is 4. The summed E-state index contributed by atoms with van der Waals surface area (Å²) >= 11 is 0. The molecule has 0 heterocycles. The second-order valence-electron chi connectivity index (χ2n) is 12.6. The third-order valence-corrected chi connectivity index (χ3v) is 10.9. The molecule has 1 unspecified atom stereocenters. The summed E-state index contributed by atoms with van der Waals surface area (Å²) in [4.78, 5) is 30.6. The van der Waals surface area contributed by atoms with Crippen LogP contribution in [0.3, 0.4) is 0 Å². The number of hydrogen-bond donors (Lipinski definition) is 1. The van der Waals surface area contributed by atoms with E-state index >= 15 is 0 Å². The van der Waals surface area contributed by atoms with Gasteiger partial charge in [0.15, 0.2) is 0 Å². The number of aryl methyl sites for hydroxylation is 3. The Kier molecular flexibility index (Phi) is 11.1. The number of hydrogen-bond acceptors (Lipinski definition) is 4. The van der Waals surface area contributed by atoms with Crippen LogP contribution in [0.2, 0.25) is 0 Å². The van der Waals surface area contributed by atoms with E-state index in [9.17, 15) is 18.0 Å². The van der Waals surface area contributed by atoms with Crippen molar-refractivity contribution in [3.05, 3.63) is 131 Å². The number of nitrogens with one attached hydrogen (secondary N) is 1. The number of rotatable bonds is 12. The SMILES string of the molecule is Cc1ccc(S(=O)(=O)N(CC(=O)N(Cc2ccccc2)C(Cc2ccccc2)C(=O)NC2CCCCC2)c2ccc(C)c(C)c2)cc1. The van der Waals surface area contributed by atoms with Crippen LogP contribution in [0.5, 0.6) is 0 Å². The number of nitrogens with zero attached hydrogens (tertiary/aromatic N) is 2. The average Bonchev–Trinajstić information content (AvgIpc) is 3.08. The van der Waals surface area contributed by atoms with Gasteiger partial charge in [0.1, 0.15) is 12.6 Å². The minimum Gasteiger partial charge on any atom is -0.352 e. The molecule has 1 aliphatic carbocycles. The van der Waals surface area contributed by atoms with Crippen molar-refractivity contribution in [2.24, 2.45) is 0 Å². The normalized spacial score (nSPS) is 14.3. The molecule has 7 nitrogen and oxygen atoms in total. The van der Waals surface area contributed by atoms with Gasteiger partial charge in [-0.2, -0.15) is 0 Å². The maximum Gasteiger partial charge on any atom is 0.264 e. The molecule has 4 aromatic rings. The summed E-state index contributed by atoms with van der Waals surface area (Å²) in [5.41, 5.74) is 5.02. The smallest absolute Gasteiger partial charge is 0.264 e. The lowest BCUT2D eigenvalue weighted by Gasteiger charge is -2.35. The molecule has 4 aromatic carbocycles. The van der Waals surface area contributed by atoms with Gasteiger partial charge in [0.05, 0.1) is 10.6 Å². The van der Waals surface area contributed by atoms with Crippen molar-refractivity contribution in [1.82, 2.24) is 10.2 Å². The van der Waals surface area contributed by atoms with Gasteiger partial charge in [0.25, 0.3) is 10.0 Å². The van der Waals surface area contributed by atoms with E-state index in [-0.39, 0.29) is 23.4 Å². The molecule has 0 spiro atoms. The van der Waals surface area contributed by atoms with Gasteiger partial charge in [-0.05, 0) is 80.1 Å². The maximum absolute atomic E-state index is 14.7. The van der Waals surface area contributed by atoms with Gasteiger partial charge in [0.2, 0.25) is 11.8 Å². The van der Waals surface area contributed by atoms with Gasteiger partial charge in [-0.1, -0.05) is 104 Å². The van der Waals surface area contributed by atoms with E-state index in [1.807, 2.05) is 87.5 Å². The van der Waals surface area contributed by atoms with Gasteiger partial charge >= 0.3 is 0 Å². The number of sulfonamides is 1. The van der Waals surface area contributed by atoms with Crippen molar-refractivity contribution >= 4 is 27.5 Å². The van der Waals surface area contributed by atoms with E-state index in [1.165, 1.54) is 4.31 Å². The first kappa shape index (κ1) is 33.9. The summed E-state index contributed by atoms with van der Waals surface area (Å²) in [7, 11) is -4.14. The molecule has 0 aliphatic heterocycles. The largest absolute Gasteiger partial charge is 0.352 e. The van der Waals surface area contributed by atoms with E-state index in [2.05, 4.69) is 5.32 Å². The predicted octanol–water partition coefficient (Wildman–Crippen LogP) is 6.90. The molecule has 1 fully saturated rings. The van der Waals surface area contributed by atoms with Crippen LogP contribution in [0.4, 0.5) is 5.69 Å². The molecular formula is C39H45N3O4S. The fourth-order valence-electron chi connectivity index (χ4n) is 6.13. The van der Waals surface area contributed by atoms with E-state index in [0.717, 1.165) is 59.9 Å². The van der Waals surface area contributed by atoms with Crippen LogP contribution in [0.15, 0.2) is 108 Å². The molecule has 5 rings (SSSR count). The molecule has 2 amide bonds. The summed E-state index contributed by atoms with van der Waals surface area (Å²) in [6.07, 6.45) is 5.39. The zero-order valence-electron chi connectivity index (χ0n) is 27.6. The molecule has 47 heavy (non-hydrogen) atoms. The first-order chi connectivity index (χ1) is 22.6. The van der Waals surface area contributed by atoms with Crippen LogP contribution >= 0.6 is 0 Å². The fourth-order valence-corrected chi connectivity index (χ4v) is 7.53. The average molecular weight is 652 g/mol. The summed E-state index contributed by atoms with van der Waals surface area (Å²) in [6, 6.07) is 30.5. The van der Waals surface area contributed by atoms with Gasteiger partial charge in [0, 0.05) is 19.0 Å². The van der Waals surface area contributed by atoms with Crippen LogP contribution in [-0.4, -0.2) is 43.8 Å². The Morgan fingerprint density at radius 1 is 0.766 bits per heavy atom. The predicted molar refractivity (Wildman–Crippen MR) is 188 cm³/mol. The number of carbonyl (C=O) groups excluding carboxylic acids is 2. The second kappa shape index (κ2) is 15.4. The zero-order chi connectivity index (χ0) is 33.4. The van der Waals surface area contributed by atoms with Gasteiger partial charge in [-0.3, -0.25) is 13.9 Å². The molecular weight excluding hydrogens is 607 g/mol. The molecule has 0 aromatic heterocycles. The fraction of sp³-hybridized carbons (Fsp3) is 0.333. The summed E-state index contributed by atoms with van der Waals surface area (Å²) in [5, 5.41) is 3.26. The minimum absolute atomic E-state index is 0.0529. The Morgan fingerprint density at radius 3 is 2.00 bits per heavy atom. The molecule has 1 N–H and O–H groups in total. The van der Waals surface area contributed by atoms with Gasteiger partial charge < -0.3 is 10.2 Å². The molecule has 1 atom stereocenters. The molecule has 8 heteroatoms. The zero-order valence-corrected chi connectivity index (χ0v) is 28.4. The standard InChI is InChI=1S/C39H45N3O4S/c1-29-19-23-36(24-20-29)47(45,46)42(35-22-21-30(2)31(3)25-35)28-38(43)41(27-33-15-9-5-10-16-33)37(26-32-13-7-4-8-14-32)39(44)40-34-17-11-6-12-18-34/h4-5,7-10,13-16,19-25,34,37H,6,11-12,17-18,26-28H2,1-3H3,(H,40,44). The first-order valence-corrected chi connectivity index (χ1v) is 17.9. The lowest BCUT2D eigenvalue weighted by molar-refractivity contribution is -0.140. The second-order valence-corrected chi connectivity index (χ2v) is 14.5. The van der Waals surface area contributed by atoms with Crippen LogP contribution in [0, 0.1) is 20.8 Å². The first-order valence-electron chi connectivity index (χ1n) is 16.5. The van der Waals surface area contributed by atoms with Gasteiger partial charge in [-0.15, -0.1) is 0 Å². The van der Waals surface area contributed by atoms with Crippen LogP contribution in [0.25, 0.3) is 0 Å². The van der Waals surface area contributed by atoms with E-state index in [4.69, 9.17) is 0 Å². The minimum atomic E-state index is -4.14. The molecule has 0 bridgehead atoms. The topological polar surface area (TPSA) is 86.8 Å². The summed E-state index contributed by atoms with van der Waals surface area (Å²) < 4.78 is 29.8. The highest BCUT2D eigenvalue weighted by Gasteiger charge is 2.35. The van der Waals surface area contributed by atoms with E-state index in [0.29, 0.717) is 12.1 Å². The molecule has 0 radical (unpaired) electrons.